The van der Waals surface area contributed by atoms with Crippen LogP contribution in [0.2, 0.25) is 0 Å². The Bertz CT molecular complexity index is 629. The molecular formula is C13H12F3N3O. The summed E-state index contributed by atoms with van der Waals surface area (Å²) in [6.45, 7) is 3.83. The topological polar surface area (TPSA) is 57.8 Å². The van der Waals surface area contributed by atoms with E-state index in [1.807, 2.05) is 13.8 Å². The van der Waals surface area contributed by atoms with Gasteiger partial charge < -0.3 is 5.32 Å². The van der Waals surface area contributed by atoms with Crippen LogP contribution < -0.4 is 5.32 Å². The first-order valence-electron chi connectivity index (χ1n) is 5.89. The number of nitrogens with one attached hydrogen (secondary N) is 2. The molecule has 7 heteroatoms. The van der Waals surface area contributed by atoms with Gasteiger partial charge in [0.15, 0.2) is 5.82 Å². The van der Waals surface area contributed by atoms with E-state index in [9.17, 15) is 18.0 Å². The van der Waals surface area contributed by atoms with Gasteiger partial charge in [0.25, 0.3) is 5.91 Å². The molecule has 0 saturated carbocycles. The third-order valence-electron chi connectivity index (χ3n) is 2.70. The molecule has 1 heterocycles. The highest BCUT2D eigenvalue weighted by Gasteiger charge is 2.20. The monoisotopic (exact) mass is 283 g/mol. The lowest BCUT2D eigenvalue weighted by atomic mass is 10.1. The summed E-state index contributed by atoms with van der Waals surface area (Å²) < 4.78 is 39.6. The molecule has 2 N–H and O–H groups in total. The van der Waals surface area contributed by atoms with E-state index in [4.69, 9.17) is 0 Å². The first kappa shape index (κ1) is 14.1. The van der Waals surface area contributed by atoms with Crippen LogP contribution >= 0.6 is 0 Å². The fourth-order valence-corrected chi connectivity index (χ4v) is 1.63. The number of carbonyl (C=O) groups excluding carboxylic acids is 1. The Balaban J connectivity index is 2.24. The molecule has 1 aromatic heterocycles. The van der Waals surface area contributed by atoms with Crippen molar-refractivity contribution in [3.8, 4) is 0 Å². The number of nitrogens with zero attached hydrogens (tertiary/aromatic N) is 1. The van der Waals surface area contributed by atoms with Gasteiger partial charge >= 0.3 is 0 Å². The highest BCUT2D eigenvalue weighted by molar-refractivity contribution is 6.04. The predicted octanol–water partition coefficient (Wildman–Crippen LogP) is 3.20. The maximum absolute atomic E-state index is 13.4. The number of hydrogen-bond donors (Lipinski definition) is 2. The molecule has 0 fully saturated rings. The molecule has 0 spiro atoms. The highest BCUT2D eigenvalue weighted by Crippen LogP contribution is 2.18. The highest BCUT2D eigenvalue weighted by atomic mass is 19.1. The molecule has 0 aliphatic carbocycles. The summed E-state index contributed by atoms with van der Waals surface area (Å²) in [6, 6.07) is 2.45. The van der Waals surface area contributed by atoms with Crippen molar-refractivity contribution < 1.29 is 18.0 Å². The van der Waals surface area contributed by atoms with Gasteiger partial charge in [-0.15, -0.1) is 0 Å². The van der Waals surface area contributed by atoms with E-state index in [-0.39, 0.29) is 11.7 Å². The number of benzene rings is 1. The number of H-pyrrole nitrogens is 1. The molecule has 0 aliphatic heterocycles. The Labute approximate surface area is 113 Å². The minimum absolute atomic E-state index is 0.141. The number of aromatic amines is 1. The van der Waals surface area contributed by atoms with E-state index >= 15 is 0 Å². The van der Waals surface area contributed by atoms with Gasteiger partial charge in [-0.2, -0.15) is 5.10 Å². The zero-order valence-electron chi connectivity index (χ0n) is 10.8. The van der Waals surface area contributed by atoms with Crippen LogP contribution in [0.4, 0.5) is 19.0 Å². The van der Waals surface area contributed by atoms with Crippen molar-refractivity contribution in [3.63, 3.8) is 0 Å². The van der Waals surface area contributed by atoms with Gasteiger partial charge in [-0.1, -0.05) is 13.8 Å². The van der Waals surface area contributed by atoms with Crippen molar-refractivity contribution >= 4 is 11.7 Å². The van der Waals surface area contributed by atoms with E-state index in [0.29, 0.717) is 12.1 Å². The predicted molar refractivity (Wildman–Crippen MR) is 66.9 cm³/mol. The molecule has 0 radical (unpaired) electrons. The SMILES string of the molecule is CC(C)c1cc(NC(=O)c2c(F)cc(F)cc2F)n[nH]1. The molecule has 4 nitrogen and oxygen atoms in total. The van der Waals surface area contributed by atoms with Crippen LogP contribution in [0.15, 0.2) is 18.2 Å². The third-order valence-corrected chi connectivity index (χ3v) is 2.70. The first-order valence-corrected chi connectivity index (χ1v) is 5.89. The Morgan fingerprint density at radius 2 is 1.80 bits per heavy atom. The second-order valence-electron chi connectivity index (χ2n) is 4.56. The number of hydrogen-bond acceptors (Lipinski definition) is 2. The number of aromatic nitrogens is 2. The van der Waals surface area contributed by atoms with Crippen LogP contribution in [0, 0.1) is 17.5 Å². The van der Waals surface area contributed by atoms with E-state index in [1.165, 1.54) is 0 Å². The second kappa shape index (κ2) is 5.36. The number of rotatable bonds is 3. The van der Waals surface area contributed by atoms with Gasteiger partial charge in [-0.25, -0.2) is 13.2 Å². The lowest BCUT2D eigenvalue weighted by Crippen LogP contribution is -2.16. The van der Waals surface area contributed by atoms with Gasteiger partial charge in [-0.05, 0) is 5.92 Å². The smallest absolute Gasteiger partial charge is 0.262 e. The lowest BCUT2D eigenvalue weighted by molar-refractivity contribution is 0.101. The zero-order chi connectivity index (χ0) is 14.9. The largest absolute Gasteiger partial charge is 0.305 e. The van der Waals surface area contributed by atoms with Gasteiger partial charge in [0.05, 0.1) is 0 Å². The van der Waals surface area contributed by atoms with Gasteiger partial charge in [0.2, 0.25) is 0 Å². The average Bonchev–Trinajstić information content (AvgIpc) is 2.75. The van der Waals surface area contributed by atoms with Crippen LogP contribution in [0.25, 0.3) is 0 Å². The average molecular weight is 283 g/mol. The standard InChI is InChI=1S/C13H12F3N3O/c1-6(2)10-5-11(19-18-10)17-13(20)12-8(15)3-7(14)4-9(12)16/h3-6H,1-2H3,(H2,17,18,19,20). The summed E-state index contributed by atoms with van der Waals surface area (Å²) in [5, 5.41) is 8.74. The van der Waals surface area contributed by atoms with E-state index in [0.717, 1.165) is 5.69 Å². The lowest BCUT2D eigenvalue weighted by Gasteiger charge is -2.04. The number of carbonyl (C=O) groups is 1. The molecule has 2 rings (SSSR count). The fourth-order valence-electron chi connectivity index (χ4n) is 1.63. The van der Waals surface area contributed by atoms with E-state index < -0.39 is 28.9 Å². The minimum Gasteiger partial charge on any atom is -0.305 e. The van der Waals surface area contributed by atoms with Crippen molar-refractivity contribution in [1.82, 2.24) is 10.2 Å². The molecular weight excluding hydrogens is 271 g/mol. The third kappa shape index (κ3) is 2.81. The Morgan fingerprint density at radius 1 is 1.20 bits per heavy atom. The minimum atomic E-state index is -1.26. The van der Waals surface area contributed by atoms with Crippen molar-refractivity contribution in [2.75, 3.05) is 5.32 Å². The van der Waals surface area contributed by atoms with Crippen molar-refractivity contribution in [1.29, 1.82) is 0 Å². The second-order valence-corrected chi connectivity index (χ2v) is 4.56. The quantitative estimate of drug-likeness (QED) is 0.908. The first-order chi connectivity index (χ1) is 9.38. The van der Waals surface area contributed by atoms with Gasteiger partial charge in [0.1, 0.15) is 23.0 Å². The summed E-state index contributed by atoms with van der Waals surface area (Å²) >= 11 is 0. The zero-order valence-corrected chi connectivity index (χ0v) is 10.8. The molecule has 20 heavy (non-hydrogen) atoms. The summed E-state index contributed by atoms with van der Waals surface area (Å²) in [4.78, 5) is 11.8. The summed E-state index contributed by atoms with van der Waals surface area (Å²) in [6.07, 6.45) is 0. The molecule has 0 atom stereocenters. The normalized spacial score (nSPS) is 10.9. The van der Waals surface area contributed by atoms with Crippen molar-refractivity contribution in [3.05, 3.63) is 46.9 Å². The van der Waals surface area contributed by atoms with Crippen LogP contribution in [0.1, 0.15) is 35.8 Å². The molecule has 1 amide bonds. The van der Waals surface area contributed by atoms with Crippen molar-refractivity contribution in [2.45, 2.75) is 19.8 Å². The Hall–Kier alpha value is -2.31. The molecule has 2 aromatic rings. The van der Waals surface area contributed by atoms with Crippen LogP contribution in [0.3, 0.4) is 0 Å². The van der Waals surface area contributed by atoms with E-state index in [1.54, 1.807) is 6.07 Å². The molecule has 0 saturated heterocycles. The molecule has 0 aliphatic rings. The number of amides is 1. The molecule has 0 bridgehead atoms. The molecule has 0 unspecified atom stereocenters. The van der Waals surface area contributed by atoms with E-state index in [2.05, 4.69) is 15.5 Å². The maximum atomic E-state index is 13.4. The molecule has 106 valence electrons. The summed E-state index contributed by atoms with van der Waals surface area (Å²) in [5.41, 5.74) is -0.0825. The van der Waals surface area contributed by atoms with Gasteiger partial charge in [0, 0.05) is 23.9 Å². The number of anilines is 1. The molecule has 1 aromatic carbocycles. The van der Waals surface area contributed by atoms with Gasteiger partial charge in [-0.3, -0.25) is 9.89 Å². The van der Waals surface area contributed by atoms with Crippen molar-refractivity contribution in [2.24, 2.45) is 0 Å². The summed E-state index contributed by atoms with van der Waals surface area (Å²) in [5.74, 6) is -4.34. The summed E-state index contributed by atoms with van der Waals surface area (Å²) in [7, 11) is 0. The fraction of sp³-hybridized carbons (Fsp3) is 0.231. The van der Waals surface area contributed by atoms with Crippen LogP contribution in [0.5, 0.6) is 0 Å². The Morgan fingerprint density at radius 3 is 2.30 bits per heavy atom. The van der Waals surface area contributed by atoms with Crippen LogP contribution in [-0.2, 0) is 0 Å². The number of halogens is 3. The van der Waals surface area contributed by atoms with Crippen LogP contribution in [-0.4, -0.2) is 16.1 Å². The maximum Gasteiger partial charge on any atom is 0.262 e. The Kier molecular flexibility index (Phi) is 3.78.